The van der Waals surface area contributed by atoms with Crippen LogP contribution in [0.5, 0.6) is 0 Å². The molecule has 0 aliphatic carbocycles. The molecule has 0 spiro atoms. The van der Waals surface area contributed by atoms with E-state index in [1.165, 1.54) is 17.7 Å². The fourth-order valence-corrected chi connectivity index (χ4v) is 2.87. The van der Waals surface area contributed by atoms with Crippen molar-refractivity contribution in [2.45, 2.75) is 46.2 Å². The minimum atomic E-state index is 0.270. The summed E-state index contributed by atoms with van der Waals surface area (Å²) in [5.41, 5.74) is 2.93. The van der Waals surface area contributed by atoms with Crippen molar-refractivity contribution >= 4 is 5.69 Å². The summed E-state index contributed by atoms with van der Waals surface area (Å²) in [6.07, 6.45) is 5.10. The van der Waals surface area contributed by atoms with Gasteiger partial charge in [-0.05, 0) is 45.4 Å². The molecule has 2 rings (SSSR count). The first kappa shape index (κ1) is 16.2. The van der Waals surface area contributed by atoms with Gasteiger partial charge in [0.05, 0.1) is 11.9 Å². The standard InChI is InChI=1S/C17H30N4/c1-5-7-18-13-15-6-8-19-14-16(15)20-9-11-21(12-10-20)17(2,3)4/h6,8,14,18H,5,7,9-13H2,1-4H3. The van der Waals surface area contributed by atoms with Crippen molar-refractivity contribution in [3.8, 4) is 0 Å². The third kappa shape index (κ3) is 4.42. The van der Waals surface area contributed by atoms with Gasteiger partial charge in [0, 0.05) is 44.5 Å². The molecule has 1 fully saturated rings. The molecular formula is C17H30N4. The topological polar surface area (TPSA) is 31.4 Å². The van der Waals surface area contributed by atoms with Crippen LogP contribution in [-0.2, 0) is 6.54 Å². The molecule has 0 unspecified atom stereocenters. The summed E-state index contributed by atoms with van der Waals surface area (Å²) in [4.78, 5) is 9.38. The second kappa shape index (κ2) is 7.23. The monoisotopic (exact) mass is 290 g/mol. The molecule has 4 heteroatoms. The lowest BCUT2D eigenvalue weighted by Gasteiger charge is -2.43. The third-order valence-electron chi connectivity index (χ3n) is 4.20. The number of hydrogen-bond donors (Lipinski definition) is 1. The van der Waals surface area contributed by atoms with Crippen LogP contribution in [0.25, 0.3) is 0 Å². The zero-order valence-electron chi connectivity index (χ0n) is 14.0. The van der Waals surface area contributed by atoms with Crippen molar-refractivity contribution in [3.05, 3.63) is 24.0 Å². The first-order valence-corrected chi connectivity index (χ1v) is 8.16. The van der Waals surface area contributed by atoms with E-state index < -0.39 is 0 Å². The molecule has 1 saturated heterocycles. The Bertz CT molecular complexity index is 431. The van der Waals surface area contributed by atoms with Crippen LogP contribution in [0.3, 0.4) is 0 Å². The number of nitrogens with zero attached hydrogens (tertiary/aromatic N) is 3. The van der Waals surface area contributed by atoms with E-state index in [2.05, 4.69) is 53.9 Å². The molecule has 0 atom stereocenters. The molecule has 0 saturated carbocycles. The minimum Gasteiger partial charge on any atom is -0.367 e. The van der Waals surface area contributed by atoms with Crippen LogP contribution >= 0.6 is 0 Å². The summed E-state index contributed by atoms with van der Waals surface area (Å²) in [6.45, 7) is 15.5. The lowest BCUT2D eigenvalue weighted by atomic mass is 10.0. The molecule has 0 aromatic carbocycles. The van der Waals surface area contributed by atoms with E-state index in [-0.39, 0.29) is 5.54 Å². The molecule has 0 bridgehead atoms. The average molecular weight is 290 g/mol. The highest BCUT2D eigenvalue weighted by Gasteiger charge is 2.26. The highest BCUT2D eigenvalue weighted by Crippen LogP contribution is 2.23. The molecule has 4 nitrogen and oxygen atoms in total. The number of anilines is 1. The quantitative estimate of drug-likeness (QED) is 0.844. The van der Waals surface area contributed by atoms with E-state index in [0.717, 1.165) is 39.3 Å². The van der Waals surface area contributed by atoms with Crippen molar-refractivity contribution in [3.63, 3.8) is 0 Å². The predicted octanol–water partition coefficient (Wildman–Crippen LogP) is 2.50. The molecule has 0 amide bonds. The molecule has 1 aromatic rings. The van der Waals surface area contributed by atoms with Crippen molar-refractivity contribution in [1.29, 1.82) is 0 Å². The van der Waals surface area contributed by atoms with Gasteiger partial charge in [-0.1, -0.05) is 6.92 Å². The number of hydrogen-bond acceptors (Lipinski definition) is 4. The molecule has 1 N–H and O–H groups in total. The van der Waals surface area contributed by atoms with Crippen LogP contribution < -0.4 is 10.2 Å². The van der Waals surface area contributed by atoms with Gasteiger partial charge < -0.3 is 10.2 Å². The second-order valence-corrected chi connectivity index (χ2v) is 6.83. The Kier molecular flexibility index (Phi) is 5.59. The Morgan fingerprint density at radius 2 is 1.90 bits per heavy atom. The zero-order valence-corrected chi connectivity index (χ0v) is 14.0. The van der Waals surface area contributed by atoms with E-state index in [1.54, 1.807) is 0 Å². The molecule has 1 aliphatic heterocycles. The summed E-state index contributed by atoms with van der Waals surface area (Å²) in [7, 11) is 0. The van der Waals surface area contributed by atoms with Gasteiger partial charge >= 0.3 is 0 Å². The van der Waals surface area contributed by atoms with Crippen molar-refractivity contribution in [1.82, 2.24) is 15.2 Å². The van der Waals surface area contributed by atoms with Crippen LogP contribution in [0.1, 0.15) is 39.7 Å². The van der Waals surface area contributed by atoms with Gasteiger partial charge in [-0.2, -0.15) is 0 Å². The van der Waals surface area contributed by atoms with Gasteiger partial charge in [0.15, 0.2) is 0 Å². The number of nitrogens with one attached hydrogen (secondary N) is 1. The summed E-state index contributed by atoms with van der Waals surface area (Å²) < 4.78 is 0. The summed E-state index contributed by atoms with van der Waals surface area (Å²) >= 11 is 0. The molecule has 2 heterocycles. The molecule has 0 radical (unpaired) electrons. The van der Waals surface area contributed by atoms with E-state index in [1.807, 2.05) is 12.4 Å². The second-order valence-electron chi connectivity index (χ2n) is 6.83. The Hall–Kier alpha value is -1.13. The predicted molar refractivity (Wildman–Crippen MR) is 89.8 cm³/mol. The lowest BCUT2D eigenvalue weighted by molar-refractivity contribution is 0.128. The SMILES string of the molecule is CCCNCc1ccncc1N1CCN(C(C)(C)C)CC1. The van der Waals surface area contributed by atoms with Crippen LogP contribution in [0.2, 0.25) is 0 Å². The maximum Gasteiger partial charge on any atom is 0.0599 e. The van der Waals surface area contributed by atoms with Crippen LogP contribution in [0.15, 0.2) is 18.5 Å². The Labute approximate surface area is 129 Å². The fourth-order valence-electron chi connectivity index (χ4n) is 2.87. The minimum absolute atomic E-state index is 0.270. The lowest BCUT2D eigenvalue weighted by Crippen LogP contribution is -2.53. The molecule has 21 heavy (non-hydrogen) atoms. The van der Waals surface area contributed by atoms with Crippen LogP contribution in [0.4, 0.5) is 5.69 Å². The van der Waals surface area contributed by atoms with Crippen LogP contribution in [0, 0.1) is 0 Å². The molecular weight excluding hydrogens is 260 g/mol. The van der Waals surface area contributed by atoms with Gasteiger partial charge in [0.1, 0.15) is 0 Å². The molecule has 118 valence electrons. The van der Waals surface area contributed by atoms with E-state index in [9.17, 15) is 0 Å². The summed E-state index contributed by atoms with van der Waals surface area (Å²) in [5, 5.41) is 3.50. The van der Waals surface area contributed by atoms with Gasteiger partial charge in [0.25, 0.3) is 0 Å². The zero-order chi connectivity index (χ0) is 15.3. The number of aromatic nitrogens is 1. The smallest absolute Gasteiger partial charge is 0.0599 e. The van der Waals surface area contributed by atoms with Crippen molar-refractivity contribution < 1.29 is 0 Å². The number of rotatable bonds is 5. The Morgan fingerprint density at radius 3 is 2.52 bits per heavy atom. The van der Waals surface area contributed by atoms with E-state index >= 15 is 0 Å². The Balaban J connectivity index is 1.99. The normalized spacial score (nSPS) is 17.2. The van der Waals surface area contributed by atoms with Gasteiger partial charge in [-0.25, -0.2) is 0 Å². The molecule has 1 aromatic heterocycles. The first-order chi connectivity index (χ1) is 10.0. The van der Waals surface area contributed by atoms with Gasteiger partial charge in [-0.3, -0.25) is 9.88 Å². The Morgan fingerprint density at radius 1 is 1.19 bits per heavy atom. The first-order valence-electron chi connectivity index (χ1n) is 8.16. The fraction of sp³-hybridized carbons (Fsp3) is 0.706. The largest absolute Gasteiger partial charge is 0.367 e. The summed E-state index contributed by atoms with van der Waals surface area (Å²) in [5.74, 6) is 0. The third-order valence-corrected chi connectivity index (χ3v) is 4.20. The number of pyridine rings is 1. The van der Waals surface area contributed by atoms with Crippen LogP contribution in [-0.4, -0.2) is 48.1 Å². The maximum absolute atomic E-state index is 4.33. The van der Waals surface area contributed by atoms with E-state index in [0.29, 0.717) is 0 Å². The summed E-state index contributed by atoms with van der Waals surface area (Å²) in [6, 6.07) is 2.15. The highest BCUT2D eigenvalue weighted by atomic mass is 15.3. The highest BCUT2D eigenvalue weighted by molar-refractivity contribution is 5.52. The van der Waals surface area contributed by atoms with Crippen molar-refractivity contribution in [2.75, 3.05) is 37.6 Å². The number of piperazine rings is 1. The van der Waals surface area contributed by atoms with Crippen molar-refractivity contribution in [2.24, 2.45) is 0 Å². The van der Waals surface area contributed by atoms with Gasteiger partial charge in [-0.15, -0.1) is 0 Å². The average Bonchev–Trinajstić information content (AvgIpc) is 2.47. The maximum atomic E-state index is 4.33. The molecule has 1 aliphatic rings. The van der Waals surface area contributed by atoms with Gasteiger partial charge in [0.2, 0.25) is 0 Å². The van der Waals surface area contributed by atoms with E-state index in [4.69, 9.17) is 0 Å².